The number of thioether (sulfide) groups is 1. The number of aromatic nitrogens is 3. The molecule has 1 amide bonds. The highest BCUT2D eigenvalue weighted by molar-refractivity contribution is 7.98. The second kappa shape index (κ2) is 10.3. The maximum Gasteiger partial charge on any atom is 0.416 e. The summed E-state index contributed by atoms with van der Waals surface area (Å²) in [6, 6.07) is 17.8. The Kier molecular flexibility index (Phi) is 7.20. The summed E-state index contributed by atoms with van der Waals surface area (Å²) in [7, 11) is 0. The fourth-order valence-corrected chi connectivity index (χ4v) is 4.47. The molecule has 0 aliphatic carbocycles. The van der Waals surface area contributed by atoms with Crippen molar-refractivity contribution in [1.82, 2.24) is 20.1 Å². The average molecular weight is 501 g/mol. The first-order valence-electron chi connectivity index (χ1n) is 10.6. The molecule has 10 heteroatoms. The Bertz CT molecular complexity index is 1340. The van der Waals surface area contributed by atoms with Crippen LogP contribution in [0.25, 0.3) is 5.69 Å². The first-order chi connectivity index (χ1) is 16.7. The number of carbonyl (C=O) groups is 1. The standard InChI is InChI=1S/C25H20F4N4OS/c1-16-31-32-24(33(16)21-11-9-20(26)10-12-21)35-15-18-6-2-3-8-22(18)23(34)30-14-17-5-4-7-19(13-17)25(27,28)29/h2-13H,14-15H2,1H3,(H,30,34). The lowest BCUT2D eigenvalue weighted by atomic mass is 10.1. The molecule has 0 saturated carbocycles. The molecule has 0 aliphatic rings. The molecule has 0 bridgehead atoms. The summed E-state index contributed by atoms with van der Waals surface area (Å²) in [5, 5.41) is 11.6. The largest absolute Gasteiger partial charge is 0.416 e. The van der Waals surface area contributed by atoms with E-state index in [1.807, 2.05) is 0 Å². The van der Waals surface area contributed by atoms with E-state index in [0.717, 1.165) is 17.7 Å². The van der Waals surface area contributed by atoms with E-state index in [-0.39, 0.29) is 12.4 Å². The Morgan fingerprint density at radius 3 is 2.49 bits per heavy atom. The van der Waals surface area contributed by atoms with Crippen LogP contribution in [-0.2, 0) is 18.5 Å². The van der Waals surface area contributed by atoms with Gasteiger partial charge in [0.15, 0.2) is 5.16 Å². The smallest absolute Gasteiger partial charge is 0.348 e. The van der Waals surface area contributed by atoms with Crippen LogP contribution in [-0.4, -0.2) is 20.7 Å². The van der Waals surface area contributed by atoms with Crippen molar-refractivity contribution in [1.29, 1.82) is 0 Å². The summed E-state index contributed by atoms with van der Waals surface area (Å²) in [6.07, 6.45) is -4.45. The van der Waals surface area contributed by atoms with E-state index in [2.05, 4.69) is 15.5 Å². The van der Waals surface area contributed by atoms with Gasteiger partial charge in [-0.1, -0.05) is 42.1 Å². The van der Waals surface area contributed by atoms with Gasteiger partial charge in [0.1, 0.15) is 11.6 Å². The second-order valence-corrected chi connectivity index (χ2v) is 8.61. The molecule has 5 nitrogen and oxygen atoms in total. The van der Waals surface area contributed by atoms with Crippen LogP contribution in [0.5, 0.6) is 0 Å². The van der Waals surface area contributed by atoms with Crippen LogP contribution in [0.2, 0.25) is 0 Å². The number of alkyl halides is 3. The van der Waals surface area contributed by atoms with E-state index in [1.54, 1.807) is 47.9 Å². The fourth-order valence-electron chi connectivity index (χ4n) is 3.47. The summed E-state index contributed by atoms with van der Waals surface area (Å²) in [6.45, 7) is 1.75. The van der Waals surface area contributed by atoms with Gasteiger partial charge in [0.05, 0.1) is 5.56 Å². The number of hydrogen-bond acceptors (Lipinski definition) is 4. The number of aryl methyl sites for hydroxylation is 1. The van der Waals surface area contributed by atoms with Crippen molar-refractivity contribution in [3.8, 4) is 5.69 Å². The van der Waals surface area contributed by atoms with E-state index in [4.69, 9.17) is 0 Å². The molecule has 0 radical (unpaired) electrons. The summed E-state index contributed by atoms with van der Waals surface area (Å²) >= 11 is 1.36. The van der Waals surface area contributed by atoms with Gasteiger partial charge >= 0.3 is 6.18 Å². The summed E-state index contributed by atoms with van der Waals surface area (Å²) in [4.78, 5) is 12.8. The fraction of sp³-hybridized carbons (Fsp3) is 0.160. The number of nitrogens with zero attached hydrogens (tertiary/aromatic N) is 3. The van der Waals surface area contributed by atoms with Gasteiger partial charge in [-0.05, 0) is 60.5 Å². The molecule has 180 valence electrons. The van der Waals surface area contributed by atoms with E-state index >= 15 is 0 Å². The van der Waals surface area contributed by atoms with Crippen LogP contribution >= 0.6 is 11.8 Å². The van der Waals surface area contributed by atoms with Gasteiger partial charge in [0.25, 0.3) is 5.91 Å². The first kappa shape index (κ1) is 24.5. The quantitative estimate of drug-likeness (QED) is 0.251. The molecule has 0 aliphatic heterocycles. The molecule has 1 N–H and O–H groups in total. The van der Waals surface area contributed by atoms with Crippen LogP contribution < -0.4 is 5.32 Å². The SMILES string of the molecule is Cc1nnc(SCc2ccccc2C(=O)NCc2cccc(C(F)(F)F)c2)n1-c1ccc(F)cc1. The molecule has 0 unspecified atom stereocenters. The number of amides is 1. The summed E-state index contributed by atoms with van der Waals surface area (Å²) in [5.74, 6) is 0.284. The lowest BCUT2D eigenvalue weighted by molar-refractivity contribution is -0.137. The van der Waals surface area contributed by atoms with Gasteiger partial charge in [-0.3, -0.25) is 9.36 Å². The van der Waals surface area contributed by atoms with E-state index < -0.39 is 17.6 Å². The maximum atomic E-state index is 13.3. The molecule has 0 atom stereocenters. The zero-order valence-electron chi connectivity index (χ0n) is 18.5. The number of hydrogen-bond donors (Lipinski definition) is 1. The molecular weight excluding hydrogens is 480 g/mol. The predicted octanol–water partition coefficient (Wildman–Crippen LogP) is 5.96. The third kappa shape index (κ3) is 5.89. The predicted molar refractivity (Wildman–Crippen MR) is 125 cm³/mol. The highest BCUT2D eigenvalue weighted by Gasteiger charge is 2.30. The van der Waals surface area contributed by atoms with E-state index in [1.165, 1.54) is 36.0 Å². The van der Waals surface area contributed by atoms with E-state index in [9.17, 15) is 22.4 Å². The van der Waals surface area contributed by atoms with Crippen molar-refractivity contribution in [2.75, 3.05) is 0 Å². The van der Waals surface area contributed by atoms with Gasteiger partial charge in [-0.25, -0.2) is 4.39 Å². The lowest BCUT2D eigenvalue weighted by Gasteiger charge is -2.12. The summed E-state index contributed by atoms with van der Waals surface area (Å²) < 4.78 is 54.0. The Morgan fingerprint density at radius 1 is 1.00 bits per heavy atom. The minimum Gasteiger partial charge on any atom is -0.348 e. The lowest BCUT2D eigenvalue weighted by Crippen LogP contribution is -2.24. The second-order valence-electron chi connectivity index (χ2n) is 7.67. The Morgan fingerprint density at radius 2 is 1.74 bits per heavy atom. The van der Waals surface area contributed by atoms with Gasteiger partial charge in [-0.2, -0.15) is 13.2 Å². The Balaban J connectivity index is 1.47. The van der Waals surface area contributed by atoms with Gasteiger partial charge in [0.2, 0.25) is 0 Å². The molecular formula is C25H20F4N4OS. The number of benzene rings is 3. The molecule has 4 aromatic rings. The Hall–Kier alpha value is -3.66. The number of nitrogens with one attached hydrogen (secondary N) is 1. The van der Waals surface area contributed by atoms with Gasteiger partial charge < -0.3 is 5.32 Å². The zero-order chi connectivity index (χ0) is 25.0. The van der Waals surface area contributed by atoms with Crippen molar-refractivity contribution < 1.29 is 22.4 Å². The third-order valence-electron chi connectivity index (χ3n) is 5.21. The minimum absolute atomic E-state index is 0.0394. The van der Waals surface area contributed by atoms with Crippen LogP contribution in [0.3, 0.4) is 0 Å². The third-order valence-corrected chi connectivity index (χ3v) is 6.18. The zero-order valence-corrected chi connectivity index (χ0v) is 19.3. The van der Waals surface area contributed by atoms with Crippen LogP contribution in [0.4, 0.5) is 17.6 Å². The normalized spacial score (nSPS) is 11.5. The summed E-state index contributed by atoms with van der Waals surface area (Å²) in [5.41, 5.74) is 1.44. The molecule has 4 rings (SSSR count). The molecule has 1 aromatic heterocycles. The van der Waals surface area contributed by atoms with Gasteiger partial charge in [0, 0.05) is 23.5 Å². The van der Waals surface area contributed by atoms with E-state index in [0.29, 0.717) is 33.5 Å². The van der Waals surface area contributed by atoms with Crippen molar-refractivity contribution in [3.05, 3.63) is 107 Å². The Labute approximate surface area is 203 Å². The highest BCUT2D eigenvalue weighted by atomic mass is 32.2. The topological polar surface area (TPSA) is 59.8 Å². The van der Waals surface area contributed by atoms with Crippen molar-refractivity contribution in [2.24, 2.45) is 0 Å². The molecule has 0 fully saturated rings. The number of rotatable bonds is 7. The van der Waals surface area contributed by atoms with Crippen molar-refractivity contribution in [2.45, 2.75) is 30.6 Å². The van der Waals surface area contributed by atoms with Crippen molar-refractivity contribution >= 4 is 17.7 Å². The van der Waals surface area contributed by atoms with Gasteiger partial charge in [-0.15, -0.1) is 10.2 Å². The van der Waals surface area contributed by atoms with Crippen LogP contribution in [0, 0.1) is 12.7 Å². The molecule has 3 aromatic carbocycles. The molecule has 0 spiro atoms. The molecule has 0 saturated heterocycles. The minimum atomic E-state index is -4.45. The maximum absolute atomic E-state index is 13.3. The monoisotopic (exact) mass is 500 g/mol. The number of carbonyl (C=O) groups excluding carboxylic acids is 1. The van der Waals surface area contributed by atoms with Crippen molar-refractivity contribution in [3.63, 3.8) is 0 Å². The average Bonchev–Trinajstić information content (AvgIpc) is 3.21. The molecule has 35 heavy (non-hydrogen) atoms. The molecule has 1 heterocycles. The highest BCUT2D eigenvalue weighted by Crippen LogP contribution is 2.30. The number of halogens is 4. The van der Waals surface area contributed by atoms with Crippen LogP contribution in [0.1, 0.15) is 32.9 Å². The van der Waals surface area contributed by atoms with Crippen LogP contribution in [0.15, 0.2) is 78.0 Å². The first-order valence-corrected chi connectivity index (χ1v) is 11.5.